The van der Waals surface area contributed by atoms with Gasteiger partial charge in [0.15, 0.2) is 0 Å². The molecule has 0 aliphatic heterocycles. The van der Waals surface area contributed by atoms with Gasteiger partial charge in [-0.2, -0.15) is 0 Å². The van der Waals surface area contributed by atoms with Crippen molar-refractivity contribution in [2.45, 2.75) is 6.10 Å². The number of halogens is 1. The summed E-state index contributed by atoms with van der Waals surface area (Å²) in [5, 5.41) is 9.96. The van der Waals surface area contributed by atoms with Gasteiger partial charge >= 0.3 is 0 Å². The number of fused-ring (bicyclic) bond motifs is 1. The molecule has 14 heavy (non-hydrogen) atoms. The third-order valence-electron chi connectivity index (χ3n) is 1.87. The molecule has 2 aromatic rings. The standard InChI is InChI=1S/C9H9FN2OS/c10-5-1-2-8-6(3-5)12-9(14-8)7(13)4-11/h1-3,7,13H,4,11H2. The summed E-state index contributed by atoms with van der Waals surface area (Å²) in [5.74, 6) is -0.323. The summed E-state index contributed by atoms with van der Waals surface area (Å²) in [6.45, 7) is 0.127. The van der Waals surface area contributed by atoms with Gasteiger partial charge in [-0.15, -0.1) is 11.3 Å². The number of aliphatic hydroxyl groups excluding tert-OH is 1. The van der Waals surface area contributed by atoms with Gasteiger partial charge in [-0.1, -0.05) is 0 Å². The fraction of sp³-hybridized carbons (Fsp3) is 0.222. The Labute approximate surface area is 84.0 Å². The Morgan fingerprint density at radius 2 is 2.36 bits per heavy atom. The van der Waals surface area contributed by atoms with Gasteiger partial charge in [0.25, 0.3) is 0 Å². The molecule has 1 unspecified atom stereocenters. The quantitative estimate of drug-likeness (QED) is 0.791. The van der Waals surface area contributed by atoms with Crippen molar-refractivity contribution in [2.75, 3.05) is 6.54 Å². The van der Waals surface area contributed by atoms with Crippen LogP contribution in [0.25, 0.3) is 10.2 Å². The van der Waals surface area contributed by atoms with E-state index >= 15 is 0 Å². The maximum absolute atomic E-state index is 12.8. The minimum absolute atomic E-state index is 0.127. The normalized spacial score (nSPS) is 13.4. The number of benzene rings is 1. The summed E-state index contributed by atoms with van der Waals surface area (Å²) in [4.78, 5) is 4.09. The Bertz CT molecular complexity index is 457. The van der Waals surface area contributed by atoms with Gasteiger partial charge in [-0.25, -0.2) is 9.37 Å². The van der Waals surface area contributed by atoms with Crippen molar-refractivity contribution in [1.82, 2.24) is 4.98 Å². The molecule has 74 valence electrons. The second-order valence-electron chi connectivity index (χ2n) is 2.92. The molecule has 0 aliphatic carbocycles. The molecular formula is C9H9FN2OS. The van der Waals surface area contributed by atoms with Crippen molar-refractivity contribution < 1.29 is 9.50 Å². The van der Waals surface area contributed by atoms with Crippen molar-refractivity contribution in [2.24, 2.45) is 5.73 Å². The van der Waals surface area contributed by atoms with Gasteiger partial charge in [-0.05, 0) is 12.1 Å². The molecule has 0 saturated heterocycles. The molecule has 0 aliphatic rings. The van der Waals surface area contributed by atoms with Gasteiger partial charge in [0.1, 0.15) is 16.9 Å². The highest BCUT2D eigenvalue weighted by Gasteiger charge is 2.11. The molecule has 3 nitrogen and oxygen atoms in total. The number of hydrogen-bond acceptors (Lipinski definition) is 4. The lowest BCUT2D eigenvalue weighted by Gasteiger charge is -2.00. The lowest BCUT2D eigenvalue weighted by molar-refractivity contribution is 0.186. The molecule has 3 N–H and O–H groups in total. The molecule has 2 rings (SSSR count). The van der Waals surface area contributed by atoms with Crippen molar-refractivity contribution in [3.05, 3.63) is 29.0 Å². The molecule has 1 heterocycles. The van der Waals surface area contributed by atoms with Crippen LogP contribution in [0.5, 0.6) is 0 Å². The Hall–Kier alpha value is -1.04. The van der Waals surface area contributed by atoms with E-state index < -0.39 is 6.10 Å². The maximum Gasteiger partial charge on any atom is 0.125 e. The number of aliphatic hydroxyl groups is 1. The second-order valence-corrected chi connectivity index (χ2v) is 3.98. The SMILES string of the molecule is NCC(O)c1nc2cc(F)ccc2s1. The van der Waals surface area contributed by atoms with E-state index in [1.807, 2.05) is 0 Å². The van der Waals surface area contributed by atoms with Crippen molar-refractivity contribution in [3.8, 4) is 0 Å². The smallest absolute Gasteiger partial charge is 0.125 e. The first-order valence-corrected chi connectivity index (χ1v) is 4.96. The summed E-state index contributed by atoms with van der Waals surface area (Å²) < 4.78 is 13.7. The fourth-order valence-corrected chi connectivity index (χ4v) is 2.11. The van der Waals surface area contributed by atoms with Crippen LogP contribution in [0.15, 0.2) is 18.2 Å². The number of thiazole rings is 1. The molecule has 0 amide bonds. The zero-order valence-electron chi connectivity index (χ0n) is 7.27. The van der Waals surface area contributed by atoms with Crippen LogP contribution < -0.4 is 5.73 Å². The van der Waals surface area contributed by atoms with E-state index in [1.54, 1.807) is 6.07 Å². The Morgan fingerprint density at radius 1 is 1.57 bits per heavy atom. The van der Waals surface area contributed by atoms with Crippen molar-refractivity contribution >= 4 is 21.6 Å². The third kappa shape index (κ3) is 1.61. The summed E-state index contributed by atoms with van der Waals surface area (Å²) in [7, 11) is 0. The molecule has 5 heteroatoms. The fourth-order valence-electron chi connectivity index (χ4n) is 1.16. The number of hydrogen-bond donors (Lipinski definition) is 2. The van der Waals surface area contributed by atoms with Crippen LogP contribution in [-0.2, 0) is 0 Å². The van der Waals surface area contributed by atoms with Crippen LogP contribution in [0, 0.1) is 5.82 Å². The summed E-state index contributed by atoms with van der Waals surface area (Å²) in [6.07, 6.45) is -0.754. The Morgan fingerprint density at radius 3 is 3.07 bits per heavy atom. The number of aromatic nitrogens is 1. The lowest BCUT2D eigenvalue weighted by Crippen LogP contribution is -2.10. The highest BCUT2D eigenvalue weighted by molar-refractivity contribution is 7.18. The van der Waals surface area contributed by atoms with Crippen LogP contribution in [0.2, 0.25) is 0 Å². The van der Waals surface area contributed by atoms with Crippen LogP contribution in [0.1, 0.15) is 11.1 Å². The summed E-state index contributed by atoms with van der Waals surface area (Å²) in [6, 6.07) is 4.37. The van der Waals surface area contributed by atoms with Crippen molar-refractivity contribution in [1.29, 1.82) is 0 Å². The largest absolute Gasteiger partial charge is 0.385 e. The first-order chi connectivity index (χ1) is 6.70. The van der Waals surface area contributed by atoms with E-state index in [0.29, 0.717) is 10.5 Å². The van der Waals surface area contributed by atoms with Crippen molar-refractivity contribution in [3.63, 3.8) is 0 Å². The minimum Gasteiger partial charge on any atom is -0.385 e. The zero-order chi connectivity index (χ0) is 10.1. The maximum atomic E-state index is 12.8. The molecular weight excluding hydrogens is 203 g/mol. The van der Waals surface area contributed by atoms with Crippen LogP contribution in [0.4, 0.5) is 4.39 Å². The predicted molar refractivity (Wildman–Crippen MR) is 53.6 cm³/mol. The van der Waals surface area contributed by atoms with E-state index in [0.717, 1.165) is 4.70 Å². The highest BCUT2D eigenvalue weighted by atomic mass is 32.1. The highest BCUT2D eigenvalue weighted by Crippen LogP contribution is 2.26. The predicted octanol–water partition coefficient (Wildman–Crippen LogP) is 1.43. The van der Waals surface area contributed by atoms with Gasteiger partial charge in [-0.3, -0.25) is 0 Å². The Kier molecular flexibility index (Phi) is 2.45. The van der Waals surface area contributed by atoms with Crippen LogP contribution >= 0.6 is 11.3 Å². The number of nitrogens with two attached hydrogens (primary N) is 1. The van der Waals surface area contributed by atoms with Gasteiger partial charge in [0.2, 0.25) is 0 Å². The topological polar surface area (TPSA) is 59.1 Å². The van der Waals surface area contributed by atoms with Crippen LogP contribution in [-0.4, -0.2) is 16.6 Å². The lowest BCUT2D eigenvalue weighted by atomic mass is 10.3. The first-order valence-electron chi connectivity index (χ1n) is 4.15. The third-order valence-corrected chi connectivity index (χ3v) is 3.01. The summed E-state index contributed by atoms with van der Waals surface area (Å²) in [5.41, 5.74) is 5.87. The molecule has 0 spiro atoms. The van der Waals surface area contributed by atoms with E-state index in [4.69, 9.17) is 5.73 Å². The molecule has 0 fully saturated rings. The molecule has 1 aromatic carbocycles. The second kappa shape index (κ2) is 3.61. The van der Waals surface area contributed by atoms with E-state index in [-0.39, 0.29) is 12.4 Å². The molecule has 0 bridgehead atoms. The van der Waals surface area contributed by atoms with Gasteiger partial charge in [0.05, 0.1) is 10.2 Å². The average Bonchev–Trinajstić information content (AvgIpc) is 2.59. The monoisotopic (exact) mass is 212 g/mol. The zero-order valence-corrected chi connectivity index (χ0v) is 8.09. The average molecular weight is 212 g/mol. The molecule has 0 saturated carbocycles. The molecule has 1 aromatic heterocycles. The first kappa shape index (κ1) is 9.51. The molecule has 1 atom stereocenters. The number of nitrogens with zero attached hydrogens (tertiary/aromatic N) is 1. The Balaban J connectivity index is 2.51. The van der Waals surface area contributed by atoms with E-state index in [9.17, 15) is 9.50 Å². The van der Waals surface area contributed by atoms with Crippen LogP contribution in [0.3, 0.4) is 0 Å². The van der Waals surface area contributed by atoms with Gasteiger partial charge in [0, 0.05) is 12.6 Å². The molecule has 0 radical (unpaired) electrons. The van der Waals surface area contributed by atoms with E-state index in [2.05, 4.69) is 4.98 Å². The minimum atomic E-state index is -0.754. The summed E-state index contributed by atoms with van der Waals surface area (Å²) >= 11 is 1.33. The van der Waals surface area contributed by atoms with E-state index in [1.165, 1.54) is 23.5 Å². The van der Waals surface area contributed by atoms with Gasteiger partial charge < -0.3 is 10.8 Å². The number of rotatable bonds is 2.